The van der Waals surface area contributed by atoms with Gasteiger partial charge in [-0.3, -0.25) is 9.59 Å². The van der Waals surface area contributed by atoms with Crippen LogP contribution in [0.4, 0.5) is 32.0 Å². The number of alkyl halides is 6. The van der Waals surface area contributed by atoms with Crippen molar-refractivity contribution in [2.24, 2.45) is 5.92 Å². The maximum Gasteiger partial charge on any atom is 0.416 e. The molecule has 11 heteroatoms. The highest BCUT2D eigenvalue weighted by Gasteiger charge is 2.42. The van der Waals surface area contributed by atoms with Gasteiger partial charge < -0.3 is 14.4 Å². The minimum absolute atomic E-state index is 0.0186. The van der Waals surface area contributed by atoms with Crippen molar-refractivity contribution in [3.8, 4) is 0 Å². The fourth-order valence-electron chi connectivity index (χ4n) is 2.83. The van der Waals surface area contributed by atoms with Gasteiger partial charge in [-0.2, -0.15) is 26.3 Å². The summed E-state index contributed by atoms with van der Waals surface area (Å²) in [7, 11) is 0. The summed E-state index contributed by atoms with van der Waals surface area (Å²) in [5.41, 5.74) is -4.51. The lowest BCUT2D eigenvalue weighted by atomic mass is 10.0. The highest BCUT2D eigenvalue weighted by molar-refractivity contribution is 5.99. The van der Waals surface area contributed by atoms with E-state index in [0.29, 0.717) is 12.1 Å². The molecule has 1 aliphatic rings. The molecule has 0 bridgehead atoms. The van der Waals surface area contributed by atoms with Crippen molar-refractivity contribution < 1.29 is 45.4 Å². The lowest BCUT2D eigenvalue weighted by molar-refractivity contribution is -0.168. The maximum absolute atomic E-state index is 13.1. The van der Waals surface area contributed by atoms with Crippen molar-refractivity contribution >= 4 is 17.6 Å². The molecule has 1 aromatic carbocycles. The second-order valence-corrected chi connectivity index (χ2v) is 7.87. The summed E-state index contributed by atoms with van der Waals surface area (Å²) < 4.78 is 89.2. The number of rotatable bonds is 3. The minimum atomic E-state index is -5.05. The van der Waals surface area contributed by atoms with Gasteiger partial charge in [0.1, 0.15) is 11.7 Å². The van der Waals surface area contributed by atoms with Gasteiger partial charge in [-0.05, 0) is 45.9 Å². The van der Waals surface area contributed by atoms with E-state index < -0.39 is 58.7 Å². The Morgan fingerprint density at radius 1 is 1.07 bits per heavy atom. The molecule has 0 aromatic heterocycles. The van der Waals surface area contributed by atoms with Gasteiger partial charge in [-0.25, -0.2) is 0 Å². The number of hydrogen-bond acceptors (Lipinski definition) is 4. The summed E-state index contributed by atoms with van der Waals surface area (Å²) in [4.78, 5) is 25.8. The molecule has 0 N–H and O–H groups in total. The smallest absolute Gasteiger partial charge is 0.416 e. The molecule has 1 amide bonds. The molecule has 1 aliphatic heterocycles. The van der Waals surface area contributed by atoms with Crippen LogP contribution in [0.25, 0.3) is 0 Å². The number of anilines is 1. The zero-order valence-corrected chi connectivity index (χ0v) is 16.6. The van der Waals surface area contributed by atoms with E-state index >= 15 is 0 Å². The Balaban J connectivity index is 2.39. The van der Waals surface area contributed by atoms with Crippen molar-refractivity contribution in [1.82, 2.24) is 0 Å². The van der Waals surface area contributed by atoms with Crippen LogP contribution in [0.2, 0.25) is 0 Å². The number of esters is 1. The van der Waals surface area contributed by atoms with Gasteiger partial charge in [0.05, 0.1) is 23.7 Å². The third-order valence-corrected chi connectivity index (χ3v) is 4.24. The van der Waals surface area contributed by atoms with Crippen LogP contribution >= 0.6 is 0 Å². The van der Waals surface area contributed by atoms with Crippen LogP contribution in [-0.4, -0.2) is 36.7 Å². The zero-order chi connectivity index (χ0) is 23.1. The second-order valence-electron chi connectivity index (χ2n) is 7.87. The molecule has 2 rings (SSSR count). The van der Waals surface area contributed by atoms with E-state index in [2.05, 4.69) is 0 Å². The van der Waals surface area contributed by atoms with Gasteiger partial charge in [0.2, 0.25) is 0 Å². The fraction of sp³-hybridized carbons (Fsp3) is 0.579. The highest BCUT2D eigenvalue weighted by atomic mass is 19.4. The Hall–Kier alpha value is -2.30. The molecule has 0 aliphatic carbocycles. The number of amides is 1. The van der Waals surface area contributed by atoms with Crippen LogP contribution in [-0.2, 0) is 31.4 Å². The quantitative estimate of drug-likeness (QED) is 0.514. The van der Waals surface area contributed by atoms with Gasteiger partial charge >= 0.3 is 18.3 Å². The molecule has 0 saturated carbocycles. The Bertz CT molecular complexity index is 780. The number of benzene rings is 1. The van der Waals surface area contributed by atoms with E-state index in [1.165, 1.54) is 6.92 Å². The van der Waals surface area contributed by atoms with Gasteiger partial charge in [0.25, 0.3) is 5.91 Å². The summed E-state index contributed by atoms with van der Waals surface area (Å²) in [6.07, 6.45) is -11.5. The first-order chi connectivity index (χ1) is 13.5. The third-order valence-electron chi connectivity index (χ3n) is 4.24. The number of carbonyl (C=O) groups excluding carboxylic acids is 2. The first-order valence-electron chi connectivity index (χ1n) is 8.96. The minimum Gasteiger partial charge on any atom is -0.460 e. The molecule has 5 nitrogen and oxygen atoms in total. The van der Waals surface area contributed by atoms with Crippen LogP contribution in [0.15, 0.2) is 18.2 Å². The SMILES string of the molecule is CC(C(=O)OC(C)(C)C)C1OCCN(c2cc(C(F)(F)F)cc(C(F)(F)F)c2)C1=O. The van der Waals surface area contributed by atoms with E-state index in [1.54, 1.807) is 20.8 Å². The standard InChI is InChI=1S/C19H21F6NO4/c1-10(16(28)30-17(2,3)4)14-15(27)26(5-6-29-14)13-8-11(18(20,21)22)7-12(9-13)19(23,24)25/h7-10,14H,5-6H2,1-4H3. The van der Waals surface area contributed by atoms with E-state index in [-0.39, 0.29) is 19.2 Å². The number of carbonyl (C=O) groups is 2. The zero-order valence-electron chi connectivity index (χ0n) is 16.6. The molecule has 30 heavy (non-hydrogen) atoms. The Labute approximate surface area is 168 Å². The number of nitrogens with zero attached hydrogens (tertiary/aromatic N) is 1. The molecule has 1 fully saturated rings. The molecule has 168 valence electrons. The van der Waals surface area contributed by atoms with Crippen molar-refractivity contribution in [2.75, 3.05) is 18.1 Å². The summed E-state index contributed by atoms with van der Waals surface area (Å²) in [5, 5.41) is 0. The molecule has 2 unspecified atom stereocenters. The van der Waals surface area contributed by atoms with E-state index in [0.717, 1.165) is 4.90 Å². The number of halogens is 6. The summed E-state index contributed by atoms with van der Waals surface area (Å²) >= 11 is 0. The molecule has 0 spiro atoms. The average molecular weight is 441 g/mol. The van der Waals surface area contributed by atoms with Crippen molar-refractivity contribution in [2.45, 2.75) is 51.8 Å². The van der Waals surface area contributed by atoms with E-state index in [1.807, 2.05) is 0 Å². The summed E-state index contributed by atoms with van der Waals surface area (Å²) in [6.45, 7) is 5.71. The van der Waals surface area contributed by atoms with Crippen molar-refractivity contribution in [1.29, 1.82) is 0 Å². The van der Waals surface area contributed by atoms with Gasteiger partial charge in [-0.15, -0.1) is 0 Å². The average Bonchev–Trinajstić information content (AvgIpc) is 2.58. The second kappa shape index (κ2) is 8.09. The first kappa shape index (κ1) is 24.0. The molecule has 0 radical (unpaired) electrons. The monoisotopic (exact) mass is 441 g/mol. The Morgan fingerprint density at radius 2 is 1.57 bits per heavy atom. The third kappa shape index (κ3) is 5.65. The number of morpholine rings is 1. The van der Waals surface area contributed by atoms with Gasteiger partial charge in [-0.1, -0.05) is 0 Å². The number of ether oxygens (including phenoxy) is 2. The van der Waals surface area contributed by atoms with Crippen LogP contribution in [0.5, 0.6) is 0 Å². The van der Waals surface area contributed by atoms with E-state index in [9.17, 15) is 35.9 Å². The Kier molecular flexibility index (Phi) is 6.46. The molecule has 2 atom stereocenters. The van der Waals surface area contributed by atoms with E-state index in [4.69, 9.17) is 9.47 Å². The summed E-state index contributed by atoms with van der Waals surface area (Å²) in [6, 6.07) is 0.913. The van der Waals surface area contributed by atoms with Crippen molar-refractivity contribution in [3.05, 3.63) is 29.3 Å². The molecule has 1 saturated heterocycles. The largest absolute Gasteiger partial charge is 0.460 e. The Morgan fingerprint density at radius 3 is 2.00 bits per heavy atom. The van der Waals surface area contributed by atoms with Crippen LogP contribution in [0, 0.1) is 5.92 Å². The predicted octanol–water partition coefficient (Wildman–Crippen LogP) is 4.43. The van der Waals surface area contributed by atoms with Crippen LogP contribution < -0.4 is 4.90 Å². The van der Waals surface area contributed by atoms with Gasteiger partial charge in [0.15, 0.2) is 0 Å². The lowest BCUT2D eigenvalue weighted by Crippen LogP contribution is -2.52. The van der Waals surface area contributed by atoms with Crippen LogP contribution in [0.1, 0.15) is 38.8 Å². The first-order valence-corrected chi connectivity index (χ1v) is 8.96. The van der Waals surface area contributed by atoms with Crippen molar-refractivity contribution in [3.63, 3.8) is 0 Å². The summed E-state index contributed by atoms with van der Waals surface area (Å²) in [5.74, 6) is -2.82. The highest BCUT2D eigenvalue weighted by Crippen LogP contribution is 2.39. The maximum atomic E-state index is 13.1. The van der Waals surface area contributed by atoms with Gasteiger partial charge in [0, 0.05) is 12.2 Å². The topological polar surface area (TPSA) is 55.8 Å². The fourth-order valence-corrected chi connectivity index (χ4v) is 2.83. The molecule has 1 aromatic rings. The molecule has 1 heterocycles. The molecular weight excluding hydrogens is 420 g/mol. The normalized spacial score (nSPS) is 19.6. The molecular formula is C19H21F6NO4. The number of hydrogen-bond donors (Lipinski definition) is 0. The lowest BCUT2D eigenvalue weighted by Gasteiger charge is -2.35. The van der Waals surface area contributed by atoms with Crippen LogP contribution in [0.3, 0.4) is 0 Å². The predicted molar refractivity (Wildman–Crippen MR) is 93.5 cm³/mol.